The number of benzene rings is 3. The summed E-state index contributed by atoms with van der Waals surface area (Å²) in [5, 5.41) is 8.13. The van der Waals surface area contributed by atoms with E-state index in [1.54, 1.807) is 24.3 Å². The van der Waals surface area contributed by atoms with Gasteiger partial charge in [-0.3, -0.25) is 9.52 Å². The zero-order valence-electron chi connectivity index (χ0n) is 21.7. The number of hydrogen-bond acceptors (Lipinski definition) is 6. The monoisotopic (exact) mass is 556 g/mol. The summed E-state index contributed by atoms with van der Waals surface area (Å²) in [5.41, 5.74) is 3.70. The summed E-state index contributed by atoms with van der Waals surface area (Å²) >= 11 is 0. The molecule has 4 aromatic rings. The third-order valence-corrected chi connectivity index (χ3v) is 7.47. The van der Waals surface area contributed by atoms with Crippen molar-refractivity contribution in [2.24, 2.45) is 0 Å². The molecule has 0 fully saturated rings. The third kappa shape index (κ3) is 6.46. The van der Waals surface area contributed by atoms with Crippen molar-refractivity contribution in [3.8, 4) is 5.75 Å². The number of sulfonamides is 1. The van der Waals surface area contributed by atoms with Crippen molar-refractivity contribution in [3.63, 3.8) is 0 Å². The Morgan fingerprint density at radius 2 is 1.74 bits per heavy atom. The summed E-state index contributed by atoms with van der Waals surface area (Å²) in [7, 11) is -1.90. The van der Waals surface area contributed by atoms with E-state index in [1.807, 2.05) is 43.3 Å². The Bertz CT molecular complexity index is 1540. The second-order valence-corrected chi connectivity index (χ2v) is 10.6. The lowest BCUT2D eigenvalue weighted by Crippen LogP contribution is -2.24. The van der Waals surface area contributed by atoms with Gasteiger partial charge in [0.25, 0.3) is 5.91 Å². The fraction of sp³-hybridized carbons (Fsp3) is 0.286. The Morgan fingerprint density at radius 3 is 2.47 bits per heavy atom. The zero-order valence-corrected chi connectivity index (χ0v) is 23.3. The molecule has 4 rings (SSSR count). The number of unbranched alkanes of at least 4 members (excludes halogenated alkanes) is 1. The average molecular weight is 557 g/mol. The molecule has 202 valence electrons. The van der Waals surface area contributed by atoms with E-state index in [4.69, 9.17) is 9.72 Å². The molecule has 0 aliphatic carbocycles. The highest BCUT2D eigenvalue weighted by Crippen LogP contribution is 2.38. The maximum atomic E-state index is 13.0. The van der Waals surface area contributed by atoms with Crippen LogP contribution in [-0.4, -0.2) is 38.7 Å². The minimum atomic E-state index is -3.43. The highest BCUT2D eigenvalue weighted by Gasteiger charge is 2.18. The Balaban J connectivity index is 0.00000400. The van der Waals surface area contributed by atoms with Crippen LogP contribution in [0, 0.1) is 0 Å². The molecular weight excluding hydrogens is 524 g/mol. The second-order valence-electron chi connectivity index (χ2n) is 8.78. The largest absolute Gasteiger partial charge is 0.494 e. The summed E-state index contributed by atoms with van der Waals surface area (Å²) in [6.07, 6.45) is 2.42. The molecule has 10 heteroatoms. The number of para-hydroxylation sites is 2. The zero-order chi connectivity index (χ0) is 26.4. The first-order valence-corrected chi connectivity index (χ1v) is 14.1. The number of rotatable bonds is 11. The minimum Gasteiger partial charge on any atom is -0.494 e. The van der Waals surface area contributed by atoms with Crippen LogP contribution in [0.3, 0.4) is 0 Å². The molecule has 0 saturated carbocycles. The molecule has 0 aliphatic rings. The first-order chi connectivity index (χ1) is 17.9. The predicted octanol–water partition coefficient (Wildman–Crippen LogP) is 6.24. The van der Waals surface area contributed by atoms with Gasteiger partial charge in [0.15, 0.2) is 0 Å². The van der Waals surface area contributed by atoms with Crippen molar-refractivity contribution in [1.29, 1.82) is 0 Å². The molecular formula is C28H33ClN4O4S. The maximum absolute atomic E-state index is 13.0. The van der Waals surface area contributed by atoms with E-state index in [-0.39, 0.29) is 24.1 Å². The molecule has 0 saturated heterocycles. The van der Waals surface area contributed by atoms with Crippen LogP contribution in [0.4, 0.5) is 17.1 Å². The topological polar surface area (TPSA) is 109 Å². The van der Waals surface area contributed by atoms with Gasteiger partial charge in [-0.15, -0.1) is 12.4 Å². The Labute approximate surface area is 229 Å². The third-order valence-electron chi connectivity index (χ3n) is 5.98. The Kier molecular flexibility index (Phi) is 9.77. The van der Waals surface area contributed by atoms with Crippen LogP contribution >= 0.6 is 12.4 Å². The number of carbonyl (C=O) groups is 1. The van der Waals surface area contributed by atoms with Gasteiger partial charge >= 0.3 is 0 Å². The second kappa shape index (κ2) is 12.8. The first kappa shape index (κ1) is 29.0. The lowest BCUT2D eigenvalue weighted by Gasteiger charge is -2.18. The van der Waals surface area contributed by atoms with Crippen molar-refractivity contribution < 1.29 is 17.9 Å². The number of nitrogens with zero attached hydrogens (tertiary/aromatic N) is 1. The van der Waals surface area contributed by atoms with Crippen LogP contribution in [0.1, 0.15) is 43.5 Å². The summed E-state index contributed by atoms with van der Waals surface area (Å²) in [4.78, 5) is 17.8. The number of aromatic nitrogens is 1. The molecule has 0 radical (unpaired) electrons. The fourth-order valence-corrected chi connectivity index (χ4v) is 5.32. The standard InChI is InChI=1S/C28H32N4O4S.ClH/c1-4-6-16-29-28(33)22-12-9-11-21-26(20-10-7-8-13-23(20)30-27(21)22)31-24-15-14-19(18-25(24)36-3)32-37(34,35)17-5-2;/h7-15,18,32H,4-6,16-17H2,1-3H3,(H,29,33)(H,30,31);1H. The SMILES string of the molecule is CCCCNC(=O)c1cccc2c(Nc3ccc(NS(=O)(=O)CCC)cc3OC)c3ccccc3nc12.Cl. The molecule has 8 nitrogen and oxygen atoms in total. The van der Waals surface area contributed by atoms with Gasteiger partial charge in [0.2, 0.25) is 10.0 Å². The van der Waals surface area contributed by atoms with Crippen molar-refractivity contribution in [3.05, 3.63) is 66.2 Å². The van der Waals surface area contributed by atoms with Crippen LogP contribution in [0.5, 0.6) is 5.75 Å². The van der Waals surface area contributed by atoms with Crippen LogP contribution in [0.15, 0.2) is 60.7 Å². The molecule has 3 N–H and O–H groups in total. The molecule has 1 amide bonds. The number of nitrogens with one attached hydrogen (secondary N) is 3. The highest BCUT2D eigenvalue weighted by atomic mass is 35.5. The molecule has 0 atom stereocenters. The van der Waals surface area contributed by atoms with E-state index < -0.39 is 10.0 Å². The number of anilines is 3. The number of hydrogen-bond donors (Lipinski definition) is 3. The van der Waals surface area contributed by atoms with E-state index in [0.717, 1.165) is 34.8 Å². The number of carbonyl (C=O) groups excluding carboxylic acids is 1. The molecule has 1 aromatic heterocycles. The van der Waals surface area contributed by atoms with E-state index in [0.29, 0.717) is 41.2 Å². The van der Waals surface area contributed by atoms with Gasteiger partial charge < -0.3 is 15.4 Å². The van der Waals surface area contributed by atoms with E-state index >= 15 is 0 Å². The van der Waals surface area contributed by atoms with E-state index in [1.165, 1.54) is 7.11 Å². The van der Waals surface area contributed by atoms with Gasteiger partial charge in [-0.2, -0.15) is 0 Å². The van der Waals surface area contributed by atoms with Gasteiger partial charge in [-0.05, 0) is 37.1 Å². The molecule has 38 heavy (non-hydrogen) atoms. The summed E-state index contributed by atoms with van der Waals surface area (Å²) in [6, 6.07) is 18.4. The van der Waals surface area contributed by atoms with Gasteiger partial charge in [0.05, 0.1) is 46.5 Å². The molecule has 0 unspecified atom stereocenters. The summed E-state index contributed by atoms with van der Waals surface area (Å²) in [6.45, 7) is 4.50. The van der Waals surface area contributed by atoms with Crippen LogP contribution in [-0.2, 0) is 10.0 Å². The number of amides is 1. The molecule has 1 heterocycles. The maximum Gasteiger partial charge on any atom is 0.253 e. The lowest BCUT2D eigenvalue weighted by molar-refractivity contribution is 0.0954. The molecule has 3 aromatic carbocycles. The van der Waals surface area contributed by atoms with Crippen molar-refractivity contribution in [1.82, 2.24) is 10.3 Å². The first-order valence-electron chi connectivity index (χ1n) is 12.4. The van der Waals surface area contributed by atoms with Gasteiger partial charge in [-0.25, -0.2) is 13.4 Å². The van der Waals surface area contributed by atoms with Crippen LogP contribution in [0.25, 0.3) is 21.8 Å². The number of fused-ring (bicyclic) bond motifs is 2. The van der Waals surface area contributed by atoms with E-state index in [2.05, 4.69) is 22.3 Å². The van der Waals surface area contributed by atoms with Crippen molar-refractivity contribution >= 4 is 67.2 Å². The molecule has 0 bridgehead atoms. The van der Waals surface area contributed by atoms with E-state index in [9.17, 15) is 13.2 Å². The Morgan fingerprint density at radius 1 is 0.974 bits per heavy atom. The number of pyridine rings is 1. The van der Waals surface area contributed by atoms with Crippen molar-refractivity contribution in [2.45, 2.75) is 33.1 Å². The predicted molar refractivity (Wildman–Crippen MR) is 158 cm³/mol. The normalized spacial score (nSPS) is 11.1. The van der Waals surface area contributed by atoms with Gasteiger partial charge in [0.1, 0.15) is 5.75 Å². The molecule has 0 spiro atoms. The fourth-order valence-electron chi connectivity index (χ4n) is 4.20. The summed E-state index contributed by atoms with van der Waals surface area (Å²) in [5.74, 6) is 0.354. The van der Waals surface area contributed by atoms with Crippen molar-refractivity contribution in [2.75, 3.05) is 29.4 Å². The average Bonchev–Trinajstić information content (AvgIpc) is 2.88. The number of methoxy groups -OCH3 is 1. The minimum absolute atomic E-state index is 0. The lowest BCUT2D eigenvalue weighted by atomic mass is 10.0. The van der Waals surface area contributed by atoms with Gasteiger partial charge in [-0.1, -0.05) is 50.6 Å². The smallest absolute Gasteiger partial charge is 0.253 e. The van der Waals surface area contributed by atoms with Crippen LogP contribution in [0.2, 0.25) is 0 Å². The molecule has 0 aliphatic heterocycles. The highest BCUT2D eigenvalue weighted by molar-refractivity contribution is 7.92. The quantitative estimate of drug-likeness (QED) is 0.149. The summed E-state index contributed by atoms with van der Waals surface area (Å²) < 4.78 is 32.7. The Hall–Kier alpha value is -3.56. The number of ether oxygens (including phenoxy) is 1. The van der Waals surface area contributed by atoms with Crippen LogP contribution < -0.4 is 20.1 Å². The van der Waals surface area contributed by atoms with Gasteiger partial charge in [0, 0.05) is 23.4 Å². The number of halogens is 1.